The molecule has 0 aliphatic heterocycles. The molecule has 0 radical (unpaired) electrons. The van der Waals surface area contributed by atoms with Crippen LogP contribution in [0.2, 0.25) is 0 Å². The zero-order valence-electron chi connectivity index (χ0n) is 14.4. The van der Waals surface area contributed by atoms with Gasteiger partial charge in [0.05, 0.1) is 7.11 Å². The predicted molar refractivity (Wildman–Crippen MR) is 104 cm³/mol. The zero-order valence-corrected chi connectivity index (χ0v) is 14.4. The number of aliphatic hydroxyl groups is 1. The summed E-state index contributed by atoms with van der Waals surface area (Å²) >= 11 is 0. The first-order valence-electron chi connectivity index (χ1n) is 8.72. The number of ether oxygens (including phenoxy) is 1. The van der Waals surface area contributed by atoms with Crippen molar-refractivity contribution in [2.45, 2.75) is 5.60 Å². The SMILES string of the molecule is COc1ccc2cc(C3(O)c4ccccc4-c4ccccc43)ccc2c1. The van der Waals surface area contributed by atoms with E-state index in [-0.39, 0.29) is 0 Å². The molecule has 4 aromatic rings. The average molecular weight is 338 g/mol. The molecule has 0 unspecified atom stereocenters. The zero-order chi connectivity index (χ0) is 17.7. The van der Waals surface area contributed by atoms with Crippen LogP contribution in [0.15, 0.2) is 84.9 Å². The van der Waals surface area contributed by atoms with Crippen molar-refractivity contribution < 1.29 is 9.84 Å². The van der Waals surface area contributed by atoms with Crippen molar-refractivity contribution >= 4 is 10.8 Å². The molecule has 1 N–H and O–H groups in total. The van der Waals surface area contributed by atoms with E-state index >= 15 is 0 Å². The molecular formula is C24H18O2. The molecular weight excluding hydrogens is 320 g/mol. The molecule has 0 aromatic heterocycles. The maximum atomic E-state index is 11.9. The fourth-order valence-electron chi connectivity index (χ4n) is 4.10. The molecule has 4 aromatic carbocycles. The van der Waals surface area contributed by atoms with Crippen molar-refractivity contribution in [3.05, 3.63) is 102 Å². The fourth-order valence-corrected chi connectivity index (χ4v) is 4.10. The highest BCUT2D eigenvalue weighted by molar-refractivity contribution is 5.87. The second-order valence-electron chi connectivity index (χ2n) is 6.73. The summed E-state index contributed by atoms with van der Waals surface area (Å²) in [5, 5.41) is 14.1. The van der Waals surface area contributed by atoms with E-state index in [1.54, 1.807) is 7.11 Å². The van der Waals surface area contributed by atoms with E-state index in [0.717, 1.165) is 44.3 Å². The summed E-state index contributed by atoms with van der Waals surface area (Å²) in [6.45, 7) is 0. The van der Waals surface area contributed by atoms with E-state index in [1.807, 2.05) is 60.7 Å². The number of methoxy groups -OCH3 is 1. The first-order chi connectivity index (χ1) is 12.7. The molecule has 0 heterocycles. The van der Waals surface area contributed by atoms with Crippen molar-refractivity contribution in [3.8, 4) is 16.9 Å². The normalized spacial score (nSPS) is 14.1. The van der Waals surface area contributed by atoms with Crippen LogP contribution >= 0.6 is 0 Å². The average Bonchev–Trinajstić information content (AvgIpc) is 2.98. The van der Waals surface area contributed by atoms with Crippen molar-refractivity contribution in [2.75, 3.05) is 7.11 Å². The third-order valence-electron chi connectivity index (χ3n) is 5.39. The van der Waals surface area contributed by atoms with Crippen LogP contribution in [0.5, 0.6) is 5.75 Å². The smallest absolute Gasteiger partial charge is 0.141 e. The second kappa shape index (κ2) is 5.45. The maximum absolute atomic E-state index is 11.9. The largest absolute Gasteiger partial charge is 0.497 e. The number of benzene rings is 4. The Kier molecular flexibility index (Phi) is 3.18. The van der Waals surface area contributed by atoms with Gasteiger partial charge in [0.15, 0.2) is 0 Å². The monoisotopic (exact) mass is 338 g/mol. The Hall–Kier alpha value is -3.10. The first kappa shape index (κ1) is 15.2. The lowest BCUT2D eigenvalue weighted by molar-refractivity contribution is 0.131. The fraction of sp³-hybridized carbons (Fsp3) is 0.0833. The summed E-state index contributed by atoms with van der Waals surface area (Å²) in [7, 11) is 1.67. The molecule has 2 nitrogen and oxygen atoms in total. The van der Waals surface area contributed by atoms with Gasteiger partial charge in [-0.15, -0.1) is 0 Å². The van der Waals surface area contributed by atoms with Gasteiger partial charge in [-0.05, 0) is 45.7 Å². The van der Waals surface area contributed by atoms with E-state index in [2.05, 4.69) is 24.3 Å². The molecule has 126 valence electrons. The van der Waals surface area contributed by atoms with E-state index < -0.39 is 5.60 Å². The van der Waals surface area contributed by atoms with Gasteiger partial charge in [0.2, 0.25) is 0 Å². The predicted octanol–water partition coefficient (Wildman–Crippen LogP) is 5.11. The van der Waals surface area contributed by atoms with E-state index in [1.165, 1.54) is 0 Å². The Morgan fingerprint density at radius 2 is 1.27 bits per heavy atom. The van der Waals surface area contributed by atoms with E-state index in [9.17, 15) is 5.11 Å². The number of rotatable bonds is 2. The van der Waals surface area contributed by atoms with Crippen molar-refractivity contribution in [1.29, 1.82) is 0 Å². The van der Waals surface area contributed by atoms with Crippen molar-refractivity contribution in [3.63, 3.8) is 0 Å². The lowest BCUT2D eigenvalue weighted by atomic mass is 9.83. The molecule has 0 fully saturated rings. The molecule has 1 aliphatic carbocycles. The Balaban J connectivity index is 1.78. The molecule has 0 saturated heterocycles. The van der Waals surface area contributed by atoms with Gasteiger partial charge in [-0.25, -0.2) is 0 Å². The minimum atomic E-state index is -1.14. The quantitative estimate of drug-likeness (QED) is 0.550. The van der Waals surface area contributed by atoms with Crippen LogP contribution in [0.1, 0.15) is 16.7 Å². The Bertz CT molecular complexity index is 1100. The molecule has 0 spiro atoms. The maximum Gasteiger partial charge on any atom is 0.141 e. The lowest BCUT2D eigenvalue weighted by Gasteiger charge is -2.27. The van der Waals surface area contributed by atoms with Gasteiger partial charge in [0.25, 0.3) is 0 Å². The molecule has 5 rings (SSSR count). The van der Waals surface area contributed by atoms with Crippen LogP contribution in [0.4, 0.5) is 0 Å². The number of fused-ring (bicyclic) bond motifs is 4. The summed E-state index contributed by atoms with van der Waals surface area (Å²) in [6, 6.07) is 28.4. The van der Waals surface area contributed by atoms with Crippen LogP contribution in [0.25, 0.3) is 21.9 Å². The third kappa shape index (κ3) is 1.97. The molecule has 0 bridgehead atoms. The van der Waals surface area contributed by atoms with Gasteiger partial charge in [-0.1, -0.05) is 66.7 Å². The highest BCUT2D eigenvalue weighted by Crippen LogP contribution is 2.50. The molecule has 2 heteroatoms. The van der Waals surface area contributed by atoms with Crippen LogP contribution in [0, 0.1) is 0 Å². The standard InChI is InChI=1S/C24H18O2/c1-26-19-13-11-16-14-18(12-10-17(16)15-19)24(25)22-8-4-2-6-20(22)21-7-3-5-9-23(21)24/h2-15,25H,1H3. The second-order valence-corrected chi connectivity index (χ2v) is 6.73. The summed E-state index contributed by atoms with van der Waals surface area (Å²) in [4.78, 5) is 0. The molecule has 1 aliphatic rings. The summed E-state index contributed by atoms with van der Waals surface area (Å²) in [5.41, 5.74) is 3.82. The van der Waals surface area contributed by atoms with Crippen LogP contribution in [-0.4, -0.2) is 12.2 Å². The van der Waals surface area contributed by atoms with Gasteiger partial charge < -0.3 is 9.84 Å². The third-order valence-corrected chi connectivity index (χ3v) is 5.39. The van der Waals surface area contributed by atoms with Gasteiger partial charge in [-0.2, -0.15) is 0 Å². The Labute approximate surface area is 152 Å². The number of hydrogen-bond donors (Lipinski definition) is 1. The van der Waals surface area contributed by atoms with Crippen LogP contribution < -0.4 is 4.74 Å². The highest BCUT2D eigenvalue weighted by atomic mass is 16.5. The first-order valence-corrected chi connectivity index (χ1v) is 8.72. The highest BCUT2D eigenvalue weighted by Gasteiger charge is 2.42. The molecule has 0 amide bonds. The Morgan fingerprint density at radius 1 is 0.692 bits per heavy atom. The lowest BCUT2D eigenvalue weighted by Crippen LogP contribution is -2.26. The van der Waals surface area contributed by atoms with E-state index in [4.69, 9.17) is 4.74 Å². The van der Waals surface area contributed by atoms with Gasteiger partial charge in [-0.3, -0.25) is 0 Å². The topological polar surface area (TPSA) is 29.5 Å². The summed E-state index contributed by atoms with van der Waals surface area (Å²) in [6.07, 6.45) is 0. The molecule has 0 saturated carbocycles. The van der Waals surface area contributed by atoms with Gasteiger partial charge in [0, 0.05) is 11.1 Å². The summed E-state index contributed by atoms with van der Waals surface area (Å²) < 4.78 is 5.32. The van der Waals surface area contributed by atoms with Gasteiger partial charge in [0.1, 0.15) is 11.4 Å². The van der Waals surface area contributed by atoms with E-state index in [0.29, 0.717) is 0 Å². The molecule has 26 heavy (non-hydrogen) atoms. The van der Waals surface area contributed by atoms with Crippen LogP contribution in [-0.2, 0) is 5.60 Å². The van der Waals surface area contributed by atoms with Crippen molar-refractivity contribution in [2.24, 2.45) is 0 Å². The minimum absolute atomic E-state index is 0.834. The number of hydrogen-bond acceptors (Lipinski definition) is 2. The van der Waals surface area contributed by atoms with Gasteiger partial charge >= 0.3 is 0 Å². The Morgan fingerprint density at radius 3 is 1.92 bits per heavy atom. The molecule has 0 atom stereocenters. The summed E-state index contributed by atoms with van der Waals surface area (Å²) in [5.74, 6) is 0.834. The van der Waals surface area contributed by atoms with Crippen molar-refractivity contribution in [1.82, 2.24) is 0 Å². The minimum Gasteiger partial charge on any atom is -0.497 e. The van der Waals surface area contributed by atoms with Crippen LogP contribution in [0.3, 0.4) is 0 Å².